The average molecular weight is 413 g/mol. The van der Waals surface area contributed by atoms with E-state index in [0.717, 1.165) is 54.9 Å². The van der Waals surface area contributed by atoms with Gasteiger partial charge in [0.15, 0.2) is 11.5 Å². The van der Waals surface area contributed by atoms with E-state index >= 15 is 0 Å². The first-order chi connectivity index (χ1) is 14.6. The zero-order valence-corrected chi connectivity index (χ0v) is 18.5. The third-order valence-electron chi connectivity index (χ3n) is 6.35. The molecular formula is C23H36N6O. The first-order valence-electron chi connectivity index (χ1n) is 11.7. The van der Waals surface area contributed by atoms with Crippen molar-refractivity contribution in [3.8, 4) is 0 Å². The Morgan fingerprint density at radius 3 is 2.73 bits per heavy atom. The number of hydrogen-bond donors (Lipinski definition) is 2. The van der Waals surface area contributed by atoms with E-state index in [2.05, 4.69) is 51.3 Å². The Kier molecular flexibility index (Phi) is 6.87. The highest BCUT2D eigenvalue weighted by molar-refractivity contribution is 5.87. The SMILES string of the molecule is CC(C)Nc1n[nH]c2nc(C3CCCN3C(=O)CCCN3CCCCCC3)ccc12. The van der Waals surface area contributed by atoms with Crippen molar-refractivity contribution < 1.29 is 4.79 Å². The number of aromatic amines is 1. The summed E-state index contributed by atoms with van der Waals surface area (Å²) in [5.41, 5.74) is 1.76. The first-order valence-corrected chi connectivity index (χ1v) is 11.7. The zero-order valence-electron chi connectivity index (χ0n) is 18.5. The highest BCUT2D eigenvalue weighted by atomic mass is 16.2. The second kappa shape index (κ2) is 9.77. The summed E-state index contributed by atoms with van der Waals surface area (Å²) in [5, 5.41) is 11.8. The highest BCUT2D eigenvalue weighted by Crippen LogP contribution is 2.33. The van der Waals surface area contributed by atoms with Gasteiger partial charge in [-0.05, 0) is 77.7 Å². The van der Waals surface area contributed by atoms with Gasteiger partial charge < -0.3 is 15.1 Å². The maximum Gasteiger partial charge on any atom is 0.223 e. The minimum absolute atomic E-state index is 0.0879. The maximum absolute atomic E-state index is 13.0. The summed E-state index contributed by atoms with van der Waals surface area (Å²) in [6, 6.07) is 4.54. The van der Waals surface area contributed by atoms with E-state index in [1.807, 2.05) is 0 Å². The number of fused-ring (bicyclic) bond motifs is 1. The van der Waals surface area contributed by atoms with E-state index in [1.54, 1.807) is 0 Å². The topological polar surface area (TPSA) is 77.1 Å². The lowest BCUT2D eigenvalue weighted by molar-refractivity contribution is -0.132. The lowest BCUT2D eigenvalue weighted by atomic mass is 10.1. The van der Waals surface area contributed by atoms with Crippen molar-refractivity contribution in [2.75, 3.05) is 31.5 Å². The Bertz CT molecular complexity index is 839. The lowest BCUT2D eigenvalue weighted by Gasteiger charge is -2.25. The summed E-state index contributed by atoms with van der Waals surface area (Å²) in [6.07, 6.45) is 8.95. The van der Waals surface area contributed by atoms with Gasteiger partial charge in [-0.3, -0.25) is 9.89 Å². The summed E-state index contributed by atoms with van der Waals surface area (Å²) < 4.78 is 0. The number of likely N-dealkylation sites (tertiary alicyclic amines) is 2. The molecule has 0 radical (unpaired) electrons. The molecule has 2 aliphatic rings. The molecule has 30 heavy (non-hydrogen) atoms. The normalized spacial score (nSPS) is 20.8. The fraction of sp³-hybridized carbons (Fsp3) is 0.696. The van der Waals surface area contributed by atoms with Crippen molar-refractivity contribution in [1.29, 1.82) is 0 Å². The summed E-state index contributed by atoms with van der Waals surface area (Å²) in [7, 11) is 0. The average Bonchev–Trinajstić information content (AvgIpc) is 3.28. The van der Waals surface area contributed by atoms with Crippen LogP contribution in [0.1, 0.15) is 76.9 Å². The van der Waals surface area contributed by atoms with Gasteiger partial charge in [0.05, 0.1) is 17.1 Å². The standard InChI is InChI=1S/C23H36N6O/c1-17(2)24-22-18-11-12-19(25-23(18)27-26-22)20-9-7-16-29(20)21(30)10-8-15-28-13-5-3-4-6-14-28/h11-12,17,20H,3-10,13-16H2,1-2H3,(H2,24,25,26,27). The predicted molar refractivity (Wildman–Crippen MR) is 120 cm³/mol. The van der Waals surface area contributed by atoms with E-state index in [-0.39, 0.29) is 11.9 Å². The fourth-order valence-electron chi connectivity index (χ4n) is 4.82. The molecule has 0 saturated carbocycles. The van der Waals surface area contributed by atoms with Crippen molar-refractivity contribution >= 4 is 22.8 Å². The number of nitrogens with one attached hydrogen (secondary N) is 2. The third-order valence-corrected chi connectivity index (χ3v) is 6.35. The molecule has 2 saturated heterocycles. The number of carbonyl (C=O) groups is 1. The predicted octanol–water partition coefficient (Wildman–Crippen LogP) is 4.10. The quantitative estimate of drug-likeness (QED) is 0.716. The van der Waals surface area contributed by atoms with Crippen LogP contribution in [0.2, 0.25) is 0 Å². The number of hydrogen-bond acceptors (Lipinski definition) is 5. The van der Waals surface area contributed by atoms with Crippen LogP contribution in [-0.4, -0.2) is 63.1 Å². The molecule has 2 aromatic rings. The molecule has 2 aliphatic heterocycles. The minimum Gasteiger partial charge on any atom is -0.366 e. The number of rotatable bonds is 7. The molecule has 1 unspecified atom stereocenters. The second-order valence-corrected chi connectivity index (χ2v) is 9.11. The molecule has 2 aromatic heterocycles. The van der Waals surface area contributed by atoms with Crippen LogP contribution in [0.4, 0.5) is 5.82 Å². The Hall–Kier alpha value is -2.15. The number of H-pyrrole nitrogens is 1. The van der Waals surface area contributed by atoms with Crippen LogP contribution in [0.3, 0.4) is 0 Å². The molecule has 7 heteroatoms. The van der Waals surface area contributed by atoms with Crippen molar-refractivity contribution in [2.24, 2.45) is 0 Å². The molecule has 7 nitrogen and oxygen atoms in total. The Labute approximate surface area is 179 Å². The summed E-state index contributed by atoms with van der Waals surface area (Å²) in [4.78, 5) is 22.4. The molecule has 0 bridgehead atoms. The van der Waals surface area contributed by atoms with Gasteiger partial charge in [0.1, 0.15) is 0 Å². The molecule has 164 valence electrons. The van der Waals surface area contributed by atoms with Gasteiger partial charge in [-0.25, -0.2) is 4.98 Å². The van der Waals surface area contributed by atoms with Crippen LogP contribution in [-0.2, 0) is 4.79 Å². The largest absolute Gasteiger partial charge is 0.366 e. The molecule has 0 aromatic carbocycles. The highest BCUT2D eigenvalue weighted by Gasteiger charge is 2.31. The molecule has 1 amide bonds. The molecule has 1 atom stereocenters. The lowest BCUT2D eigenvalue weighted by Crippen LogP contribution is -2.32. The van der Waals surface area contributed by atoms with Gasteiger partial charge in [0.2, 0.25) is 5.91 Å². The molecule has 2 N–H and O–H groups in total. The van der Waals surface area contributed by atoms with E-state index < -0.39 is 0 Å². The van der Waals surface area contributed by atoms with Gasteiger partial charge in [-0.1, -0.05) is 12.8 Å². The van der Waals surface area contributed by atoms with Gasteiger partial charge in [-0.15, -0.1) is 0 Å². The monoisotopic (exact) mass is 412 g/mol. The van der Waals surface area contributed by atoms with Crippen LogP contribution in [0.15, 0.2) is 12.1 Å². The van der Waals surface area contributed by atoms with Crippen LogP contribution < -0.4 is 5.32 Å². The van der Waals surface area contributed by atoms with Crippen molar-refractivity contribution in [3.05, 3.63) is 17.8 Å². The van der Waals surface area contributed by atoms with Gasteiger partial charge >= 0.3 is 0 Å². The van der Waals surface area contributed by atoms with Gasteiger partial charge in [-0.2, -0.15) is 5.10 Å². The second-order valence-electron chi connectivity index (χ2n) is 9.11. The zero-order chi connectivity index (χ0) is 20.9. The van der Waals surface area contributed by atoms with E-state index in [9.17, 15) is 4.79 Å². The van der Waals surface area contributed by atoms with Crippen LogP contribution in [0, 0.1) is 0 Å². The van der Waals surface area contributed by atoms with Crippen molar-refractivity contribution in [2.45, 2.75) is 77.3 Å². The Morgan fingerprint density at radius 2 is 1.97 bits per heavy atom. The number of aromatic nitrogens is 3. The number of pyridine rings is 1. The molecule has 0 aliphatic carbocycles. The smallest absolute Gasteiger partial charge is 0.223 e. The number of amides is 1. The van der Waals surface area contributed by atoms with E-state index in [1.165, 1.54) is 38.8 Å². The maximum atomic E-state index is 13.0. The first kappa shape index (κ1) is 21.1. The number of anilines is 1. The fourth-order valence-corrected chi connectivity index (χ4v) is 4.82. The minimum atomic E-state index is 0.0879. The van der Waals surface area contributed by atoms with Crippen LogP contribution in [0.5, 0.6) is 0 Å². The van der Waals surface area contributed by atoms with Crippen molar-refractivity contribution in [3.63, 3.8) is 0 Å². The number of nitrogens with zero attached hydrogens (tertiary/aromatic N) is 4. The molecular weight excluding hydrogens is 376 g/mol. The Balaban J connectivity index is 1.37. The van der Waals surface area contributed by atoms with E-state index in [0.29, 0.717) is 12.5 Å². The van der Waals surface area contributed by atoms with Gasteiger partial charge in [0, 0.05) is 19.0 Å². The molecule has 2 fully saturated rings. The van der Waals surface area contributed by atoms with Crippen LogP contribution in [0.25, 0.3) is 11.0 Å². The number of carbonyl (C=O) groups excluding carboxylic acids is 1. The van der Waals surface area contributed by atoms with Gasteiger partial charge in [0.25, 0.3) is 0 Å². The summed E-state index contributed by atoms with van der Waals surface area (Å²) in [5.74, 6) is 1.12. The molecule has 4 rings (SSSR count). The van der Waals surface area contributed by atoms with E-state index in [4.69, 9.17) is 4.98 Å². The van der Waals surface area contributed by atoms with Crippen LogP contribution >= 0.6 is 0 Å². The Morgan fingerprint density at radius 1 is 1.17 bits per heavy atom. The molecule has 4 heterocycles. The van der Waals surface area contributed by atoms with Crippen molar-refractivity contribution in [1.82, 2.24) is 25.0 Å². The summed E-state index contributed by atoms with van der Waals surface area (Å²) >= 11 is 0. The summed E-state index contributed by atoms with van der Waals surface area (Å²) in [6.45, 7) is 8.48. The molecule has 0 spiro atoms. The third kappa shape index (κ3) is 4.94.